The molecule has 0 fully saturated rings. The number of nitrogens with two attached hydrogens (primary N) is 1. The van der Waals surface area contributed by atoms with E-state index in [1.54, 1.807) is 12.1 Å². The van der Waals surface area contributed by atoms with Gasteiger partial charge in [0.05, 0.1) is 0 Å². The second kappa shape index (κ2) is 5.65. The molecule has 3 heteroatoms. The van der Waals surface area contributed by atoms with E-state index in [4.69, 9.17) is 5.73 Å². The van der Waals surface area contributed by atoms with Crippen LogP contribution in [0, 0.1) is 5.82 Å². The molecule has 2 rings (SSSR count). The van der Waals surface area contributed by atoms with E-state index in [9.17, 15) is 4.39 Å². The molecule has 94 valence electrons. The van der Waals surface area contributed by atoms with Gasteiger partial charge in [-0.15, -0.1) is 0 Å². The highest BCUT2D eigenvalue weighted by Crippen LogP contribution is 2.17. The second-order valence-electron chi connectivity index (χ2n) is 4.32. The van der Waals surface area contributed by atoms with Gasteiger partial charge < -0.3 is 11.1 Å². The highest BCUT2D eigenvalue weighted by Gasteiger charge is 2.09. The summed E-state index contributed by atoms with van der Waals surface area (Å²) in [4.78, 5) is 0. The Morgan fingerprint density at radius 2 is 1.78 bits per heavy atom. The topological polar surface area (TPSA) is 38.0 Å². The molecule has 0 heterocycles. The molecule has 0 spiro atoms. The van der Waals surface area contributed by atoms with Crippen molar-refractivity contribution in [3.63, 3.8) is 0 Å². The molecule has 3 N–H and O–H groups in total. The molecule has 0 saturated carbocycles. The van der Waals surface area contributed by atoms with Gasteiger partial charge in [-0.3, -0.25) is 0 Å². The molecule has 18 heavy (non-hydrogen) atoms. The Hall–Kier alpha value is -1.87. The first kappa shape index (κ1) is 12.6. The highest BCUT2D eigenvalue weighted by molar-refractivity contribution is 5.46. The Morgan fingerprint density at radius 1 is 1.11 bits per heavy atom. The normalized spacial score (nSPS) is 12.3. The van der Waals surface area contributed by atoms with Crippen LogP contribution in [0.15, 0.2) is 48.5 Å². The van der Waals surface area contributed by atoms with E-state index >= 15 is 0 Å². The Kier molecular flexibility index (Phi) is 3.95. The number of benzene rings is 2. The minimum absolute atomic E-state index is 0.0502. The summed E-state index contributed by atoms with van der Waals surface area (Å²) in [6.45, 7) is 2.57. The Morgan fingerprint density at radius 3 is 2.50 bits per heavy atom. The Bertz CT molecular complexity index is 525. The Balaban J connectivity index is 2.03. The van der Waals surface area contributed by atoms with E-state index in [1.165, 1.54) is 6.07 Å². The predicted molar refractivity (Wildman–Crippen MR) is 72.5 cm³/mol. The summed E-state index contributed by atoms with van der Waals surface area (Å²) >= 11 is 0. The summed E-state index contributed by atoms with van der Waals surface area (Å²) in [7, 11) is 0. The summed E-state index contributed by atoms with van der Waals surface area (Å²) in [5, 5.41) is 3.28. The minimum Gasteiger partial charge on any atom is -0.398 e. The summed E-state index contributed by atoms with van der Waals surface area (Å²) in [6.07, 6.45) is 0. The van der Waals surface area contributed by atoms with Crippen molar-refractivity contribution in [1.82, 2.24) is 5.32 Å². The summed E-state index contributed by atoms with van der Waals surface area (Å²) in [5.74, 6) is -0.182. The molecule has 0 amide bonds. The van der Waals surface area contributed by atoms with Crippen molar-refractivity contribution in [2.75, 3.05) is 5.73 Å². The van der Waals surface area contributed by atoms with Gasteiger partial charge in [0.15, 0.2) is 0 Å². The van der Waals surface area contributed by atoms with Crippen molar-refractivity contribution in [2.24, 2.45) is 0 Å². The highest BCUT2D eigenvalue weighted by atomic mass is 19.1. The average Bonchev–Trinajstić information content (AvgIpc) is 2.38. The van der Waals surface area contributed by atoms with Crippen LogP contribution in [-0.4, -0.2) is 0 Å². The molecule has 2 aromatic rings. The van der Waals surface area contributed by atoms with Gasteiger partial charge in [-0.25, -0.2) is 4.39 Å². The van der Waals surface area contributed by atoms with Gasteiger partial charge in [0, 0.05) is 23.8 Å². The van der Waals surface area contributed by atoms with Crippen LogP contribution in [0.3, 0.4) is 0 Å². The zero-order valence-electron chi connectivity index (χ0n) is 10.4. The molecule has 0 aromatic heterocycles. The lowest BCUT2D eigenvalue weighted by Crippen LogP contribution is -2.19. The third kappa shape index (κ3) is 2.87. The number of nitrogens with one attached hydrogen (secondary N) is 1. The van der Waals surface area contributed by atoms with Crippen LogP contribution in [-0.2, 0) is 6.54 Å². The number of rotatable bonds is 4. The van der Waals surface area contributed by atoms with Gasteiger partial charge in [-0.2, -0.15) is 0 Å². The largest absolute Gasteiger partial charge is 0.398 e. The van der Waals surface area contributed by atoms with Crippen LogP contribution in [0.2, 0.25) is 0 Å². The number of para-hydroxylation sites is 1. The predicted octanol–water partition coefficient (Wildman–Crippen LogP) is 3.26. The standard InChI is InChI=1S/C15H17FN2/c1-11(13-7-3-4-8-14(13)16)18-10-12-6-2-5-9-15(12)17/h2-9,11,18H,10,17H2,1H3/t11-/m1/s1. The van der Waals surface area contributed by atoms with E-state index in [0.717, 1.165) is 11.3 Å². The van der Waals surface area contributed by atoms with Crippen LogP contribution in [0.25, 0.3) is 0 Å². The van der Waals surface area contributed by atoms with Crippen LogP contribution in [0.1, 0.15) is 24.1 Å². The molecule has 0 aliphatic heterocycles. The van der Waals surface area contributed by atoms with Gasteiger partial charge in [-0.1, -0.05) is 36.4 Å². The molecule has 0 radical (unpaired) electrons. The quantitative estimate of drug-likeness (QED) is 0.810. The number of hydrogen-bond acceptors (Lipinski definition) is 2. The SMILES string of the molecule is C[C@@H](NCc1ccccc1N)c1ccccc1F. The first-order chi connectivity index (χ1) is 8.68. The molecule has 0 aliphatic carbocycles. The molecule has 1 atom stereocenters. The average molecular weight is 244 g/mol. The summed E-state index contributed by atoms with van der Waals surface area (Å²) in [6, 6.07) is 14.4. The molecule has 2 aromatic carbocycles. The van der Waals surface area contributed by atoms with Crippen LogP contribution < -0.4 is 11.1 Å². The third-order valence-corrected chi connectivity index (χ3v) is 3.03. The van der Waals surface area contributed by atoms with Crippen molar-refractivity contribution in [1.29, 1.82) is 0 Å². The molecule has 0 unspecified atom stereocenters. The third-order valence-electron chi connectivity index (χ3n) is 3.03. The van der Waals surface area contributed by atoms with Crippen molar-refractivity contribution in [3.8, 4) is 0 Å². The summed E-state index contributed by atoms with van der Waals surface area (Å²) < 4.78 is 13.6. The van der Waals surface area contributed by atoms with Crippen LogP contribution in [0.5, 0.6) is 0 Å². The van der Waals surface area contributed by atoms with Gasteiger partial charge >= 0.3 is 0 Å². The van der Waals surface area contributed by atoms with E-state index in [1.807, 2.05) is 37.3 Å². The molecular formula is C15H17FN2. The van der Waals surface area contributed by atoms with Crippen molar-refractivity contribution in [3.05, 3.63) is 65.5 Å². The maximum absolute atomic E-state index is 13.6. The lowest BCUT2D eigenvalue weighted by atomic mass is 10.1. The fourth-order valence-corrected chi connectivity index (χ4v) is 1.89. The zero-order valence-corrected chi connectivity index (χ0v) is 10.4. The first-order valence-corrected chi connectivity index (χ1v) is 5.99. The lowest BCUT2D eigenvalue weighted by Gasteiger charge is -2.15. The van der Waals surface area contributed by atoms with E-state index in [-0.39, 0.29) is 11.9 Å². The van der Waals surface area contributed by atoms with Crippen molar-refractivity contribution >= 4 is 5.69 Å². The lowest BCUT2D eigenvalue weighted by molar-refractivity contribution is 0.529. The van der Waals surface area contributed by atoms with Crippen LogP contribution in [0.4, 0.5) is 10.1 Å². The van der Waals surface area contributed by atoms with Gasteiger partial charge in [0.1, 0.15) is 5.82 Å². The van der Waals surface area contributed by atoms with Gasteiger partial charge in [0.2, 0.25) is 0 Å². The minimum atomic E-state index is -0.182. The maximum Gasteiger partial charge on any atom is 0.127 e. The fourth-order valence-electron chi connectivity index (χ4n) is 1.89. The van der Waals surface area contributed by atoms with Crippen LogP contribution >= 0.6 is 0 Å². The number of halogens is 1. The molecule has 0 bridgehead atoms. The molecule has 2 nitrogen and oxygen atoms in total. The van der Waals surface area contributed by atoms with Gasteiger partial charge in [-0.05, 0) is 24.6 Å². The molecular weight excluding hydrogens is 227 g/mol. The zero-order chi connectivity index (χ0) is 13.0. The monoisotopic (exact) mass is 244 g/mol. The van der Waals surface area contributed by atoms with E-state index < -0.39 is 0 Å². The fraction of sp³-hybridized carbons (Fsp3) is 0.200. The summed E-state index contributed by atoms with van der Waals surface area (Å²) in [5.41, 5.74) is 8.32. The smallest absolute Gasteiger partial charge is 0.127 e. The number of hydrogen-bond donors (Lipinski definition) is 2. The maximum atomic E-state index is 13.6. The van der Waals surface area contributed by atoms with Crippen molar-refractivity contribution < 1.29 is 4.39 Å². The van der Waals surface area contributed by atoms with Gasteiger partial charge in [0.25, 0.3) is 0 Å². The van der Waals surface area contributed by atoms with E-state index in [0.29, 0.717) is 12.1 Å². The van der Waals surface area contributed by atoms with Crippen molar-refractivity contribution in [2.45, 2.75) is 19.5 Å². The number of nitrogen functional groups attached to an aromatic ring is 1. The molecule has 0 aliphatic rings. The van der Waals surface area contributed by atoms with E-state index in [2.05, 4.69) is 5.32 Å². The molecule has 0 saturated heterocycles. The number of anilines is 1. The second-order valence-corrected chi connectivity index (χ2v) is 4.32. The first-order valence-electron chi connectivity index (χ1n) is 5.99. The Labute approximate surface area is 107 Å².